The van der Waals surface area contributed by atoms with Crippen LogP contribution in [0.25, 0.3) is 0 Å². The first-order valence-corrected chi connectivity index (χ1v) is 7.73. The molecule has 0 amide bonds. The molecule has 0 spiro atoms. The van der Waals surface area contributed by atoms with Gasteiger partial charge in [0.05, 0.1) is 22.2 Å². The van der Waals surface area contributed by atoms with Gasteiger partial charge in [0, 0.05) is 0 Å². The van der Waals surface area contributed by atoms with Crippen molar-refractivity contribution in [1.29, 1.82) is 5.26 Å². The third kappa shape index (κ3) is 3.78. The quantitative estimate of drug-likeness (QED) is 0.780. The van der Waals surface area contributed by atoms with Gasteiger partial charge in [-0.1, -0.05) is 11.6 Å². The van der Waals surface area contributed by atoms with E-state index in [1.54, 1.807) is 30.0 Å². The molecule has 0 aliphatic heterocycles. The van der Waals surface area contributed by atoms with Crippen molar-refractivity contribution >= 4 is 23.4 Å². The van der Waals surface area contributed by atoms with Gasteiger partial charge in [0.2, 0.25) is 11.8 Å². The van der Waals surface area contributed by atoms with Gasteiger partial charge >= 0.3 is 0 Å². The first kappa shape index (κ1) is 15.4. The highest BCUT2D eigenvalue weighted by Crippen LogP contribution is 2.32. The molecule has 108 valence electrons. The lowest BCUT2D eigenvalue weighted by atomic mass is 10.2. The molecule has 0 bridgehead atoms. The fourth-order valence-electron chi connectivity index (χ4n) is 1.54. The summed E-state index contributed by atoms with van der Waals surface area (Å²) in [5.41, 5.74) is 1.16. The van der Waals surface area contributed by atoms with E-state index in [0.717, 1.165) is 0 Å². The minimum absolute atomic E-state index is 0.346. The van der Waals surface area contributed by atoms with Crippen LogP contribution in [0.3, 0.4) is 0 Å². The Labute approximate surface area is 131 Å². The van der Waals surface area contributed by atoms with Crippen LogP contribution in [-0.4, -0.2) is 22.2 Å². The smallest absolute Gasteiger partial charge is 0.229 e. The minimum Gasteiger partial charge on any atom is -0.466 e. The standard InChI is InChI=1S/C14H12ClN3O2S/c1-9-13(19-8-21-2)17-7-18-14(9)20-12-4-3-10(6-16)5-11(12)15/h3-5,7H,8H2,1-2H3. The summed E-state index contributed by atoms with van der Waals surface area (Å²) in [6, 6.07) is 6.81. The van der Waals surface area contributed by atoms with E-state index in [9.17, 15) is 0 Å². The number of benzene rings is 1. The molecule has 0 unspecified atom stereocenters. The predicted molar refractivity (Wildman–Crippen MR) is 82.0 cm³/mol. The predicted octanol–water partition coefficient (Wildman–Crippen LogP) is 3.80. The maximum absolute atomic E-state index is 8.82. The Hall–Kier alpha value is -1.97. The van der Waals surface area contributed by atoms with Gasteiger partial charge in [0.25, 0.3) is 0 Å². The molecule has 7 heteroatoms. The molecule has 0 saturated heterocycles. The zero-order chi connectivity index (χ0) is 15.2. The van der Waals surface area contributed by atoms with Crippen molar-refractivity contribution in [1.82, 2.24) is 9.97 Å². The maximum Gasteiger partial charge on any atom is 0.229 e. The van der Waals surface area contributed by atoms with Crippen molar-refractivity contribution in [2.75, 3.05) is 12.2 Å². The fourth-order valence-corrected chi connectivity index (χ4v) is 1.99. The summed E-state index contributed by atoms with van der Waals surface area (Å²) in [7, 11) is 0. The number of hydrogen-bond acceptors (Lipinski definition) is 6. The van der Waals surface area contributed by atoms with Gasteiger partial charge in [-0.2, -0.15) is 5.26 Å². The van der Waals surface area contributed by atoms with E-state index < -0.39 is 0 Å². The van der Waals surface area contributed by atoms with Crippen LogP contribution >= 0.6 is 23.4 Å². The van der Waals surface area contributed by atoms with Gasteiger partial charge in [-0.3, -0.25) is 0 Å². The lowest BCUT2D eigenvalue weighted by molar-refractivity contribution is 0.365. The molecule has 2 rings (SSSR count). The summed E-state index contributed by atoms with van der Waals surface area (Å²) >= 11 is 7.63. The van der Waals surface area contributed by atoms with Crippen molar-refractivity contribution in [3.8, 4) is 23.6 Å². The van der Waals surface area contributed by atoms with Crippen molar-refractivity contribution < 1.29 is 9.47 Å². The molecule has 0 N–H and O–H groups in total. The molecular weight excluding hydrogens is 310 g/mol. The molecule has 1 aromatic carbocycles. The van der Waals surface area contributed by atoms with Crippen LogP contribution in [0.4, 0.5) is 0 Å². The zero-order valence-corrected chi connectivity index (χ0v) is 13.0. The molecule has 0 aliphatic carbocycles. The number of rotatable bonds is 5. The van der Waals surface area contributed by atoms with E-state index in [-0.39, 0.29) is 0 Å². The van der Waals surface area contributed by atoms with Gasteiger partial charge in [-0.25, -0.2) is 9.97 Å². The van der Waals surface area contributed by atoms with E-state index >= 15 is 0 Å². The molecule has 0 aliphatic rings. The molecular formula is C14H12ClN3O2S. The van der Waals surface area contributed by atoms with Crippen LogP contribution in [0, 0.1) is 18.3 Å². The average molecular weight is 322 g/mol. The third-order valence-electron chi connectivity index (χ3n) is 2.57. The molecule has 2 aromatic rings. The Balaban J connectivity index is 2.26. The number of nitriles is 1. The van der Waals surface area contributed by atoms with Crippen LogP contribution in [-0.2, 0) is 0 Å². The molecule has 0 saturated carbocycles. The summed E-state index contributed by atoms with van der Waals surface area (Å²) in [5, 5.41) is 9.16. The van der Waals surface area contributed by atoms with Gasteiger partial charge in [0.1, 0.15) is 18.0 Å². The molecule has 0 fully saturated rings. The molecule has 0 radical (unpaired) electrons. The monoisotopic (exact) mass is 321 g/mol. The van der Waals surface area contributed by atoms with E-state index in [0.29, 0.717) is 39.6 Å². The Morgan fingerprint density at radius 3 is 2.76 bits per heavy atom. The van der Waals surface area contributed by atoms with Crippen LogP contribution in [0.15, 0.2) is 24.5 Å². The van der Waals surface area contributed by atoms with Gasteiger partial charge in [0.15, 0.2) is 0 Å². The number of nitrogens with zero attached hydrogens (tertiary/aromatic N) is 3. The number of hydrogen-bond donors (Lipinski definition) is 0. The van der Waals surface area contributed by atoms with Crippen molar-refractivity contribution in [2.24, 2.45) is 0 Å². The molecule has 5 nitrogen and oxygen atoms in total. The van der Waals surface area contributed by atoms with E-state index in [1.165, 1.54) is 6.33 Å². The number of thioether (sulfide) groups is 1. The highest BCUT2D eigenvalue weighted by Gasteiger charge is 2.12. The second-order valence-electron chi connectivity index (χ2n) is 4.02. The van der Waals surface area contributed by atoms with Gasteiger partial charge in [-0.15, -0.1) is 11.8 Å². The van der Waals surface area contributed by atoms with Crippen LogP contribution in [0.5, 0.6) is 17.5 Å². The summed E-state index contributed by atoms with van der Waals surface area (Å²) in [6.07, 6.45) is 3.31. The lowest BCUT2D eigenvalue weighted by Gasteiger charge is -2.11. The third-order valence-corrected chi connectivity index (χ3v) is 3.22. The molecule has 21 heavy (non-hydrogen) atoms. The highest BCUT2D eigenvalue weighted by molar-refractivity contribution is 7.98. The SMILES string of the molecule is CSCOc1ncnc(Oc2ccc(C#N)cc2Cl)c1C. The van der Waals surface area contributed by atoms with Gasteiger partial charge < -0.3 is 9.47 Å². The van der Waals surface area contributed by atoms with Gasteiger partial charge in [-0.05, 0) is 31.4 Å². The van der Waals surface area contributed by atoms with Crippen LogP contribution in [0.2, 0.25) is 5.02 Å². The minimum atomic E-state index is 0.346. The largest absolute Gasteiger partial charge is 0.466 e. The molecule has 1 heterocycles. The number of halogens is 1. The Morgan fingerprint density at radius 2 is 2.10 bits per heavy atom. The highest BCUT2D eigenvalue weighted by atomic mass is 35.5. The second-order valence-corrected chi connectivity index (χ2v) is 5.24. The van der Waals surface area contributed by atoms with E-state index in [1.807, 2.05) is 19.2 Å². The summed E-state index contributed by atoms with van der Waals surface area (Å²) in [5.74, 6) is 1.76. The van der Waals surface area contributed by atoms with Crippen molar-refractivity contribution in [2.45, 2.75) is 6.92 Å². The fraction of sp³-hybridized carbons (Fsp3) is 0.214. The Morgan fingerprint density at radius 1 is 1.33 bits per heavy atom. The first-order valence-electron chi connectivity index (χ1n) is 5.96. The average Bonchev–Trinajstić information content (AvgIpc) is 2.50. The second kappa shape index (κ2) is 7.16. The Bertz CT molecular complexity index is 688. The molecule has 0 atom stereocenters. The first-order chi connectivity index (χ1) is 10.2. The zero-order valence-electron chi connectivity index (χ0n) is 11.5. The topological polar surface area (TPSA) is 68.0 Å². The summed E-state index contributed by atoms with van der Waals surface area (Å²) < 4.78 is 11.2. The van der Waals surface area contributed by atoms with Crippen LogP contribution in [0.1, 0.15) is 11.1 Å². The molecule has 1 aromatic heterocycles. The van der Waals surface area contributed by atoms with Crippen molar-refractivity contribution in [3.05, 3.63) is 40.7 Å². The van der Waals surface area contributed by atoms with E-state index in [4.69, 9.17) is 26.3 Å². The van der Waals surface area contributed by atoms with Crippen molar-refractivity contribution in [3.63, 3.8) is 0 Å². The van der Waals surface area contributed by atoms with E-state index in [2.05, 4.69) is 9.97 Å². The maximum atomic E-state index is 8.82. The number of ether oxygens (including phenoxy) is 2. The number of aromatic nitrogens is 2. The summed E-state index contributed by atoms with van der Waals surface area (Å²) in [4.78, 5) is 8.15. The summed E-state index contributed by atoms with van der Waals surface area (Å²) in [6.45, 7) is 1.81. The van der Waals surface area contributed by atoms with Crippen LogP contribution < -0.4 is 9.47 Å². The lowest BCUT2D eigenvalue weighted by Crippen LogP contribution is -2.00. The normalized spacial score (nSPS) is 10.0. The Kier molecular flexibility index (Phi) is 5.26.